The van der Waals surface area contributed by atoms with Crippen LogP contribution in [0.1, 0.15) is 29.6 Å². The molecule has 1 saturated heterocycles. The summed E-state index contributed by atoms with van der Waals surface area (Å²) in [5.74, 6) is 0.766. The Morgan fingerprint density at radius 3 is 2.39 bits per heavy atom. The minimum absolute atomic E-state index is 0.00628. The standard InChI is InChI=1S/C17H24N2O4/c1-22-12-9-16(20)18-14-7-10-19(11-8-14)17(21)13-3-5-15(23-2)6-4-13/h3-6,14H,7-12H2,1-2H3,(H,18,20). The zero-order valence-corrected chi connectivity index (χ0v) is 13.7. The maximum Gasteiger partial charge on any atom is 0.253 e. The Morgan fingerprint density at radius 2 is 1.83 bits per heavy atom. The van der Waals surface area contributed by atoms with Gasteiger partial charge < -0.3 is 19.7 Å². The van der Waals surface area contributed by atoms with E-state index in [4.69, 9.17) is 9.47 Å². The Morgan fingerprint density at radius 1 is 1.17 bits per heavy atom. The molecule has 0 aromatic heterocycles. The predicted octanol–water partition coefficient (Wildman–Crippen LogP) is 1.45. The van der Waals surface area contributed by atoms with Crippen molar-refractivity contribution < 1.29 is 19.1 Å². The number of carbonyl (C=O) groups excluding carboxylic acids is 2. The predicted molar refractivity (Wildman–Crippen MR) is 86.6 cm³/mol. The van der Waals surface area contributed by atoms with Gasteiger partial charge in [0.1, 0.15) is 5.75 Å². The monoisotopic (exact) mass is 320 g/mol. The van der Waals surface area contributed by atoms with Crippen LogP contribution in [0, 0.1) is 0 Å². The van der Waals surface area contributed by atoms with Gasteiger partial charge in [-0.05, 0) is 37.1 Å². The number of piperidine rings is 1. The fourth-order valence-corrected chi connectivity index (χ4v) is 2.64. The summed E-state index contributed by atoms with van der Waals surface area (Å²) in [5, 5.41) is 2.99. The number of hydrogen-bond acceptors (Lipinski definition) is 4. The minimum Gasteiger partial charge on any atom is -0.497 e. The lowest BCUT2D eigenvalue weighted by Crippen LogP contribution is -2.46. The average molecular weight is 320 g/mol. The van der Waals surface area contributed by atoms with Crippen LogP contribution in [-0.2, 0) is 9.53 Å². The van der Waals surface area contributed by atoms with Gasteiger partial charge in [-0.3, -0.25) is 9.59 Å². The van der Waals surface area contributed by atoms with Crippen molar-refractivity contribution >= 4 is 11.8 Å². The Kier molecular flexibility index (Phi) is 6.40. The van der Waals surface area contributed by atoms with E-state index in [-0.39, 0.29) is 17.9 Å². The smallest absolute Gasteiger partial charge is 0.253 e. The summed E-state index contributed by atoms with van der Waals surface area (Å²) in [7, 11) is 3.18. The van der Waals surface area contributed by atoms with Crippen molar-refractivity contribution in [2.24, 2.45) is 0 Å². The summed E-state index contributed by atoms with van der Waals surface area (Å²) in [6.45, 7) is 1.74. The summed E-state index contributed by atoms with van der Waals surface area (Å²) >= 11 is 0. The number of benzene rings is 1. The molecule has 0 bridgehead atoms. The van der Waals surface area contributed by atoms with Crippen molar-refractivity contribution in [3.05, 3.63) is 29.8 Å². The molecule has 1 aromatic rings. The number of ether oxygens (including phenoxy) is 2. The maximum atomic E-state index is 12.5. The van der Waals surface area contributed by atoms with Crippen LogP contribution in [0.3, 0.4) is 0 Å². The van der Waals surface area contributed by atoms with Gasteiger partial charge in [-0.1, -0.05) is 0 Å². The molecule has 0 aliphatic carbocycles. The van der Waals surface area contributed by atoms with Crippen LogP contribution in [0.2, 0.25) is 0 Å². The molecule has 1 aliphatic rings. The zero-order valence-electron chi connectivity index (χ0n) is 13.7. The molecule has 0 radical (unpaired) electrons. The van der Waals surface area contributed by atoms with Crippen molar-refractivity contribution in [2.45, 2.75) is 25.3 Å². The van der Waals surface area contributed by atoms with Gasteiger partial charge in [0, 0.05) is 38.2 Å². The molecule has 1 N–H and O–H groups in total. The molecule has 1 aromatic carbocycles. The zero-order chi connectivity index (χ0) is 16.7. The molecule has 0 saturated carbocycles. The molecule has 2 amide bonds. The lowest BCUT2D eigenvalue weighted by atomic mass is 10.0. The normalized spacial score (nSPS) is 15.3. The highest BCUT2D eigenvalue weighted by atomic mass is 16.5. The molecule has 6 heteroatoms. The van der Waals surface area contributed by atoms with E-state index in [2.05, 4.69) is 5.32 Å². The Bertz CT molecular complexity index is 522. The van der Waals surface area contributed by atoms with E-state index >= 15 is 0 Å². The first-order chi connectivity index (χ1) is 11.1. The highest BCUT2D eigenvalue weighted by Crippen LogP contribution is 2.17. The summed E-state index contributed by atoms with van der Waals surface area (Å²) in [6, 6.07) is 7.27. The first kappa shape index (κ1) is 17.3. The number of amides is 2. The molecule has 126 valence electrons. The summed E-state index contributed by atoms with van der Waals surface area (Å²) in [4.78, 5) is 26.0. The molecular formula is C17H24N2O4. The molecule has 1 aliphatic heterocycles. The Hall–Kier alpha value is -2.08. The van der Waals surface area contributed by atoms with Gasteiger partial charge >= 0.3 is 0 Å². The van der Waals surface area contributed by atoms with Gasteiger partial charge in [0.25, 0.3) is 5.91 Å². The molecule has 0 unspecified atom stereocenters. The second-order valence-corrected chi connectivity index (χ2v) is 5.61. The number of rotatable bonds is 6. The molecule has 0 spiro atoms. The van der Waals surface area contributed by atoms with Crippen LogP contribution in [0.25, 0.3) is 0 Å². The highest BCUT2D eigenvalue weighted by Gasteiger charge is 2.24. The number of carbonyl (C=O) groups is 2. The second kappa shape index (κ2) is 8.53. The molecule has 23 heavy (non-hydrogen) atoms. The molecule has 2 rings (SSSR count). The molecule has 1 heterocycles. The van der Waals surface area contributed by atoms with Gasteiger partial charge in [-0.25, -0.2) is 0 Å². The van der Waals surface area contributed by atoms with Gasteiger partial charge in [-0.2, -0.15) is 0 Å². The van der Waals surface area contributed by atoms with E-state index in [0.717, 1.165) is 18.6 Å². The molecule has 1 fully saturated rings. The van der Waals surface area contributed by atoms with E-state index in [9.17, 15) is 9.59 Å². The largest absolute Gasteiger partial charge is 0.497 e. The van der Waals surface area contributed by atoms with Crippen LogP contribution in [-0.4, -0.2) is 56.7 Å². The highest BCUT2D eigenvalue weighted by molar-refractivity contribution is 5.94. The van der Waals surface area contributed by atoms with Crippen LogP contribution in [0.5, 0.6) is 5.75 Å². The Labute approximate surface area is 136 Å². The first-order valence-corrected chi connectivity index (χ1v) is 7.85. The van der Waals surface area contributed by atoms with E-state index in [1.165, 1.54) is 0 Å². The van der Waals surface area contributed by atoms with Gasteiger partial charge in [0.2, 0.25) is 5.91 Å². The summed E-state index contributed by atoms with van der Waals surface area (Å²) < 4.78 is 9.99. The van der Waals surface area contributed by atoms with Crippen LogP contribution in [0.15, 0.2) is 24.3 Å². The second-order valence-electron chi connectivity index (χ2n) is 5.61. The number of hydrogen-bond donors (Lipinski definition) is 1. The van der Waals surface area contributed by atoms with Crippen molar-refractivity contribution in [1.82, 2.24) is 10.2 Å². The van der Waals surface area contributed by atoms with Crippen molar-refractivity contribution in [2.75, 3.05) is 33.9 Å². The summed E-state index contributed by atoms with van der Waals surface area (Å²) in [5.41, 5.74) is 0.661. The molecular weight excluding hydrogens is 296 g/mol. The summed E-state index contributed by atoms with van der Waals surface area (Å²) in [6.07, 6.45) is 1.93. The van der Waals surface area contributed by atoms with E-state index in [1.807, 2.05) is 4.90 Å². The average Bonchev–Trinajstić information content (AvgIpc) is 2.60. The SMILES string of the molecule is COCCC(=O)NC1CCN(C(=O)c2ccc(OC)cc2)CC1. The van der Waals surface area contributed by atoms with Gasteiger partial charge in [-0.15, -0.1) is 0 Å². The van der Waals surface area contributed by atoms with E-state index in [1.54, 1.807) is 38.5 Å². The quantitative estimate of drug-likeness (QED) is 0.861. The van der Waals surface area contributed by atoms with Crippen molar-refractivity contribution in [1.29, 1.82) is 0 Å². The van der Waals surface area contributed by atoms with Crippen molar-refractivity contribution in [3.63, 3.8) is 0 Å². The Balaban J connectivity index is 1.81. The van der Waals surface area contributed by atoms with E-state index < -0.39 is 0 Å². The lowest BCUT2D eigenvalue weighted by molar-refractivity contribution is -0.122. The molecule has 0 atom stereocenters. The number of likely N-dealkylation sites (tertiary alicyclic amines) is 1. The molecule has 6 nitrogen and oxygen atoms in total. The van der Waals surface area contributed by atoms with Crippen LogP contribution in [0.4, 0.5) is 0 Å². The minimum atomic E-state index is 0.00628. The maximum absolute atomic E-state index is 12.5. The van der Waals surface area contributed by atoms with Gasteiger partial charge in [0.05, 0.1) is 13.7 Å². The van der Waals surface area contributed by atoms with Crippen molar-refractivity contribution in [3.8, 4) is 5.75 Å². The fraction of sp³-hybridized carbons (Fsp3) is 0.529. The number of nitrogens with one attached hydrogen (secondary N) is 1. The number of methoxy groups -OCH3 is 2. The van der Waals surface area contributed by atoms with Crippen LogP contribution >= 0.6 is 0 Å². The third-order valence-electron chi connectivity index (χ3n) is 4.02. The van der Waals surface area contributed by atoms with Crippen LogP contribution < -0.4 is 10.1 Å². The topological polar surface area (TPSA) is 67.9 Å². The third kappa shape index (κ3) is 4.96. The fourth-order valence-electron chi connectivity index (χ4n) is 2.64. The lowest BCUT2D eigenvalue weighted by Gasteiger charge is -2.32. The third-order valence-corrected chi connectivity index (χ3v) is 4.02. The first-order valence-electron chi connectivity index (χ1n) is 7.85. The van der Waals surface area contributed by atoms with Gasteiger partial charge in [0.15, 0.2) is 0 Å². The van der Waals surface area contributed by atoms with E-state index in [0.29, 0.717) is 31.7 Å². The number of nitrogens with zero attached hydrogens (tertiary/aromatic N) is 1.